The number of amides is 1. The number of ether oxygens (including phenoxy) is 2. The minimum atomic E-state index is -0.121. The lowest BCUT2D eigenvalue weighted by atomic mass is 9.84. The zero-order chi connectivity index (χ0) is 30.2. The van der Waals surface area contributed by atoms with Crippen LogP contribution in [0.1, 0.15) is 64.1 Å². The third-order valence-electron chi connectivity index (χ3n) is 7.53. The van der Waals surface area contributed by atoms with Gasteiger partial charge in [-0.05, 0) is 112 Å². The average molecular weight is 596 g/mol. The van der Waals surface area contributed by atoms with Crippen molar-refractivity contribution in [1.82, 2.24) is 5.32 Å². The van der Waals surface area contributed by atoms with Crippen LogP contribution < -0.4 is 19.7 Å². The number of nitrogens with zero attached hydrogens (tertiary/aromatic N) is 2. The predicted molar refractivity (Wildman–Crippen MR) is 179 cm³/mol. The van der Waals surface area contributed by atoms with E-state index in [4.69, 9.17) is 14.5 Å². The standard InChI is InChI=1S/C36H41N3O3S/c1-5-41-30-19-15-26(16-20-30)23-28-11-10-14-32-34(27-17-21-31(22-18-27)42-6-2)37-36(38-35(28)32)43-24-33(40)39(25(3)4)29-12-8-7-9-13-29/h7-9,12-13,15-23,25,34H,5-6,10-11,14,24H2,1-4H3,(H,37,38)/b28-23+/t34-/m0/s1. The second-order valence-electron chi connectivity index (χ2n) is 10.9. The highest BCUT2D eigenvalue weighted by molar-refractivity contribution is 8.14. The van der Waals surface area contributed by atoms with Crippen molar-refractivity contribution in [2.45, 2.75) is 59.0 Å². The first-order valence-corrected chi connectivity index (χ1v) is 16.2. The molecule has 0 spiro atoms. The van der Waals surface area contributed by atoms with Gasteiger partial charge < -0.3 is 19.7 Å². The van der Waals surface area contributed by atoms with Gasteiger partial charge in [-0.25, -0.2) is 4.99 Å². The predicted octanol–water partition coefficient (Wildman–Crippen LogP) is 8.18. The van der Waals surface area contributed by atoms with Crippen LogP contribution >= 0.6 is 11.8 Å². The lowest BCUT2D eigenvalue weighted by Gasteiger charge is -2.33. The van der Waals surface area contributed by atoms with E-state index >= 15 is 0 Å². The molecule has 6 nitrogen and oxygen atoms in total. The maximum absolute atomic E-state index is 13.5. The molecule has 0 bridgehead atoms. The number of benzene rings is 3. The van der Waals surface area contributed by atoms with Crippen LogP contribution in [0.25, 0.3) is 6.08 Å². The highest BCUT2D eigenvalue weighted by atomic mass is 32.2. The van der Waals surface area contributed by atoms with Crippen molar-refractivity contribution < 1.29 is 14.3 Å². The Kier molecular flexibility index (Phi) is 10.3. The van der Waals surface area contributed by atoms with Crippen LogP contribution in [0.15, 0.2) is 101 Å². The Labute approximate surface area is 259 Å². The molecule has 43 heavy (non-hydrogen) atoms. The topological polar surface area (TPSA) is 63.2 Å². The summed E-state index contributed by atoms with van der Waals surface area (Å²) in [7, 11) is 0. The molecular weight excluding hydrogens is 554 g/mol. The average Bonchev–Trinajstić information content (AvgIpc) is 3.02. The molecule has 0 fully saturated rings. The molecule has 1 atom stereocenters. The molecule has 7 heteroatoms. The quantitative estimate of drug-likeness (QED) is 0.256. The van der Waals surface area contributed by atoms with Crippen LogP contribution in [0.5, 0.6) is 11.5 Å². The van der Waals surface area contributed by atoms with Crippen LogP contribution in [-0.2, 0) is 4.79 Å². The van der Waals surface area contributed by atoms with Crippen molar-refractivity contribution in [2.24, 2.45) is 4.99 Å². The Morgan fingerprint density at radius 3 is 2.23 bits per heavy atom. The normalized spacial score (nSPS) is 17.3. The third kappa shape index (κ3) is 7.52. The van der Waals surface area contributed by atoms with Crippen molar-refractivity contribution >= 4 is 34.6 Å². The first kappa shape index (κ1) is 30.5. The molecule has 1 aliphatic heterocycles. The first-order valence-electron chi connectivity index (χ1n) is 15.2. The van der Waals surface area contributed by atoms with Gasteiger partial charge >= 0.3 is 0 Å². The van der Waals surface area contributed by atoms with Crippen molar-refractivity contribution in [3.8, 4) is 11.5 Å². The van der Waals surface area contributed by atoms with Gasteiger partial charge in [-0.15, -0.1) is 0 Å². The molecule has 2 aliphatic rings. The maximum Gasteiger partial charge on any atom is 0.237 e. The Hall–Kier alpha value is -3.97. The molecule has 0 aromatic heterocycles. The number of para-hydroxylation sites is 1. The molecule has 0 radical (unpaired) electrons. The number of aliphatic imine (C=N–C) groups is 1. The summed E-state index contributed by atoms with van der Waals surface area (Å²) in [5.41, 5.74) is 6.84. The fourth-order valence-electron chi connectivity index (χ4n) is 5.65. The second-order valence-corrected chi connectivity index (χ2v) is 11.8. The van der Waals surface area contributed by atoms with Gasteiger partial charge in [-0.1, -0.05) is 54.2 Å². The number of carbonyl (C=O) groups is 1. The summed E-state index contributed by atoms with van der Waals surface area (Å²) in [4.78, 5) is 20.6. The Morgan fingerprint density at radius 2 is 1.60 bits per heavy atom. The Balaban J connectivity index is 1.44. The number of amidine groups is 1. The molecule has 1 amide bonds. The molecule has 3 aromatic carbocycles. The van der Waals surface area contributed by atoms with E-state index in [2.05, 4.69) is 35.7 Å². The van der Waals surface area contributed by atoms with Crippen molar-refractivity contribution in [2.75, 3.05) is 23.9 Å². The number of thioether (sulfide) groups is 1. The second kappa shape index (κ2) is 14.5. The highest BCUT2D eigenvalue weighted by Crippen LogP contribution is 2.42. The summed E-state index contributed by atoms with van der Waals surface area (Å²) in [5.74, 6) is 2.07. The van der Waals surface area contributed by atoms with Crippen molar-refractivity contribution in [3.63, 3.8) is 0 Å². The van der Waals surface area contributed by atoms with E-state index in [1.807, 2.05) is 87.2 Å². The van der Waals surface area contributed by atoms with Gasteiger partial charge in [0.1, 0.15) is 17.5 Å². The van der Waals surface area contributed by atoms with E-state index in [9.17, 15) is 4.79 Å². The largest absolute Gasteiger partial charge is 0.494 e. The van der Waals surface area contributed by atoms with Gasteiger partial charge in [-0.3, -0.25) is 4.79 Å². The summed E-state index contributed by atoms with van der Waals surface area (Å²) in [5, 5.41) is 4.42. The smallest absolute Gasteiger partial charge is 0.237 e. The third-order valence-corrected chi connectivity index (χ3v) is 8.41. The molecule has 224 valence electrons. The lowest BCUT2D eigenvalue weighted by Crippen LogP contribution is -2.39. The summed E-state index contributed by atoms with van der Waals surface area (Å²) in [6, 6.07) is 26.3. The lowest BCUT2D eigenvalue weighted by molar-refractivity contribution is -0.116. The number of carbonyl (C=O) groups excluding carboxylic acids is 1. The van der Waals surface area contributed by atoms with Crippen LogP contribution in [0.2, 0.25) is 0 Å². The molecule has 0 unspecified atom stereocenters. The summed E-state index contributed by atoms with van der Waals surface area (Å²) >= 11 is 1.47. The van der Waals surface area contributed by atoms with Gasteiger partial charge in [0.25, 0.3) is 0 Å². The Morgan fingerprint density at radius 1 is 0.953 bits per heavy atom. The summed E-state index contributed by atoms with van der Waals surface area (Å²) in [6.07, 6.45) is 5.27. The van der Waals surface area contributed by atoms with Gasteiger partial charge in [0.15, 0.2) is 5.17 Å². The molecule has 1 N–H and O–H groups in total. The number of hydrogen-bond acceptors (Lipinski definition) is 6. The zero-order valence-corrected chi connectivity index (χ0v) is 26.3. The van der Waals surface area contributed by atoms with Crippen molar-refractivity contribution in [3.05, 3.63) is 107 Å². The van der Waals surface area contributed by atoms with Gasteiger partial charge in [0.05, 0.1) is 19.0 Å². The first-order chi connectivity index (χ1) is 21.0. The van der Waals surface area contributed by atoms with E-state index in [0.29, 0.717) is 13.2 Å². The summed E-state index contributed by atoms with van der Waals surface area (Å²) in [6.45, 7) is 9.36. The molecule has 0 saturated carbocycles. The Bertz CT molecular complexity index is 1480. The van der Waals surface area contributed by atoms with Gasteiger partial charge in [0, 0.05) is 17.4 Å². The number of rotatable bonds is 10. The van der Waals surface area contributed by atoms with Crippen molar-refractivity contribution in [1.29, 1.82) is 0 Å². The minimum Gasteiger partial charge on any atom is -0.494 e. The molecule has 3 aromatic rings. The molecular formula is C36H41N3O3S. The van der Waals surface area contributed by atoms with Gasteiger partial charge in [-0.2, -0.15) is 0 Å². The van der Waals surface area contributed by atoms with E-state index in [0.717, 1.165) is 58.4 Å². The monoisotopic (exact) mass is 595 g/mol. The molecule has 1 heterocycles. The SMILES string of the molecule is CCOc1ccc(/C=C2\CCCC3=C2NC(SCC(=O)N(c2ccccc2)C(C)C)=N[C@H]3c2ccc(OCC)cc2)cc1. The fourth-order valence-corrected chi connectivity index (χ4v) is 6.40. The summed E-state index contributed by atoms with van der Waals surface area (Å²) < 4.78 is 11.3. The van der Waals surface area contributed by atoms with Crippen LogP contribution in [0.4, 0.5) is 5.69 Å². The highest BCUT2D eigenvalue weighted by Gasteiger charge is 2.31. The van der Waals surface area contributed by atoms with Gasteiger partial charge in [0.2, 0.25) is 5.91 Å². The number of anilines is 1. The fraction of sp³-hybridized carbons (Fsp3) is 0.333. The molecule has 0 saturated heterocycles. The van der Waals surface area contributed by atoms with E-state index < -0.39 is 0 Å². The zero-order valence-electron chi connectivity index (χ0n) is 25.5. The van der Waals surface area contributed by atoms with E-state index in [1.54, 1.807) is 0 Å². The maximum atomic E-state index is 13.5. The minimum absolute atomic E-state index is 0.0460. The van der Waals surface area contributed by atoms with Crippen LogP contribution in [0.3, 0.4) is 0 Å². The number of nitrogens with one attached hydrogen (secondary N) is 1. The molecule has 5 rings (SSSR count). The molecule has 1 aliphatic carbocycles. The van der Waals surface area contributed by atoms with Crippen LogP contribution in [-0.4, -0.2) is 36.1 Å². The number of hydrogen-bond donors (Lipinski definition) is 1. The van der Waals surface area contributed by atoms with Crippen LogP contribution in [0, 0.1) is 0 Å². The number of allylic oxidation sites excluding steroid dienone is 1. The van der Waals surface area contributed by atoms with E-state index in [1.165, 1.54) is 22.9 Å². The van der Waals surface area contributed by atoms with E-state index in [-0.39, 0.29) is 23.7 Å².